The first-order chi connectivity index (χ1) is 7.88. The Bertz CT molecular complexity index is 261. The third-order valence-electron chi connectivity index (χ3n) is 2.75. The molecule has 3 heteroatoms. The molecule has 0 amide bonds. The molecule has 3 nitrogen and oxygen atoms in total. The van der Waals surface area contributed by atoms with Crippen LogP contribution < -0.4 is 5.32 Å². The lowest BCUT2D eigenvalue weighted by Crippen LogP contribution is -2.22. The van der Waals surface area contributed by atoms with Gasteiger partial charge in [-0.2, -0.15) is 10.2 Å². The molecule has 0 saturated carbocycles. The summed E-state index contributed by atoms with van der Waals surface area (Å²) in [4.78, 5) is 0. The first-order valence-electron chi connectivity index (χ1n) is 6.38. The van der Waals surface area contributed by atoms with Crippen LogP contribution in [0.15, 0.2) is 18.5 Å². The molecule has 0 aliphatic heterocycles. The van der Waals surface area contributed by atoms with Gasteiger partial charge in [0.15, 0.2) is 0 Å². The van der Waals surface area contributed by atoms with Crippen LogP contribution in [0, 0.1) is 0 Å². The number of hydrogen-bond donors (Lipinski definition) is 1. The predicted octanol–water partition coefficient (Wildman–Crippen LogP) is 3.10. The Morgan fingerprint density at radius 3 is 2.69 bits per heavy atom. The zero-order chi connectivity index (χ0) is 11.6. The van der Waals surface area contributed by atoms with Crippen molar-refractivity contribution in [3.05, 3.63) is 24.0 Å². The van der Waals surface area contributed by atoms with Gasteiger partial charge >= 0.3 is 0 Å². The van der Waals surface area contributed by atoms with Crippen LogP contribution in [0.1, 0.15) is 57.6 Å². The minimum Gasteiger partial charge on any atom is -0.310 e. The fourth-order valence-corrected chi connectivity index (χ4v) is 1.81. The Morgan fingerprint density at radius 2 is 2.06 bits per heavy atom. The summed E-state index contributed by atoms with van der Waals surface area (Å²) in [6.07, 6.45) is 9.87. The number of nitrogens with zero attached hydrogens (tertiary/aromatic N) is 2. The lowest BCUT2D eigenvalue weighted by atomic mass is 10.0. The highest BCUT2D eigenvalue weighted by Crippen LogP contribution is 2.18. The smallest absolute Gasteiger partial charge is 0.0544 e. The van der Waals surface area contributed by atoms with Crippen molar-refractivity contribution in [2.24, 2.45) is 0 Å². The Balaban J connectivity index is 2.49. The van der Waals surface area contributed by atoms with Crippen molar-refractivity contribution in [3.8, 4) is 0 Å². The van der Waals surface area contributed by atoms with E-state index in [1.807, 2.05) is 6.20 Å². The molecule has 0 spiro atoms. The lowest BCUT2D eigenvalue weighted by Gasteiger charge is -2.18. The molecular weight excluding hydrogens is 198 g/mol. The number of aromatic nitrogens is 2. The minimum atomic E-state index is 0.446. The van der Waals surface area contributed by atoms with Gasteiger partial charge in [-0.15, -0.1) is 0 Å². The number of hydrogen-bond acceptors (Lipinski definition) is 3. The second kappa shape index (κ2) is 8.22. The number of unbranched alkanes of at least 4 members (excludes halogenated alkanes) is 2. The van der Waals surface area contributed by atoms with Crippen LogP contribution in [0.4, 0.5) is 0 Å². The minimum absolute atomic E-state index is 0.446. The van der Waals surface area contributed by atoms with Gasteiger partial charge in [0, 0.05) is 12.2 Å². The molecule has 0 fully saturated rings. The topological polar surface area (TPSA) is 37.8 Å². The Kier molecular flexibility index (Phi) is 6.74. The van der Waals surface area contributed by atoms with Gasteiger partial charge in [-0.05, 0) is 31.0 Å². The third kappa shape index (κ3) is 4.71. The molecule has 1 atom stereocenters. The van der Waals surface area contributed by atoms with Gasteiger partial charge < -0.3 is 5.32 Å². The van der Waals surface area contributed by atoms with Crippen LogP contribution in [0.2, 0.25) is 0 Å². The van der Waals surface area contributed by atoms with Crippen molar-refractivity contribution < 1.29 is 0 Å². The van der Waals surface area contributed by atoms with E-state index in [0.717, 1.165) is 6.54 Å². The molecule has 90 valence electrons. The van der Waals surface area contributed by atoms with Gasteiger partial charge in [-0.25, -0.2) is 0 Å². The zero-order valence-electron chi connectivity index (χ0n) is 10.4. The van der Waals surface area contributed by atoms with Crippen molar-refractivity contribution in [1.82, 2.24) is 15.5 Å². The van der Waals surface area contributed by atoms with E-state index in [1.165, 1.54) is 37.7 Å². The van der Waals surface area contributed by atoms with Crippen LogP contribution in [0.25, 0.3) is 0 Å². The highest BCUT2D eigenvalue weighted by molar-refractivity contribution is 5.11. The predicted molar refractivity (Wildman–Crippen MR) is 67.2 cm³/mol. The SMILES string of the molecule is CCCCCC(NCCC)c1ccnnc1. The highest BCUT2D eigenvalue weighted by atomic mass is 15.1. The molecule has 0 saturated heterocycles. The van der Waals surface area contributed by atoms with Crippen molar-refractivity contribution in [3.63, 3.8) is 0 Å². The van der Waals surface area contributed by atoms with E-state index < -0.39 is 0 Å². The van der Waals surface area contributed by atoms with Crippen LogP contribution in [-0.4, -0.2) is 16.7 Å². The largest absolute Gasteiger partial charge is 0.310 e. The zero-order valence-corrected chi connectivity index (χ0v) is 10.4. The molecular formula is C13H23N3. The summed E-state index contributed by atoms with van der Waals surface area (Å²) in [7, 11) is 0. The number of nitrogens with one attached hydrogen (secondary N) is 1. The first kappa shape index (κ1) is 13.1. The molecule has 1 aromatic heterocycles. The molecule has 16 heavy (non-hydrogen) atoms. The second-order valence-electron chi connectivity index (χ2n) is 4.18. The molecule has 1 heterocycles. The Hall–Kier alpha value is -0.960. The van der Waals surface area contributed by atoms with Gasteiger partial charge in [-0.1, -0.05) is 33.1 Å². The summed E-state index contributed by atoms with van der Waals surface area (Å²) in [6.45, 7) is 5.50. The van der Waals surface area contributed by atoms with E-state index in [2.05, 4.69) is 35.4 Å². The van der Waals surface area contributed by atoms with Crippen molar-refractivity contribution in [2.45, 2.75) is 52.0 Å². The Labute approximate surface area is 98.7 Å². The average molecular weight is 221 g/mol. The first-order valence-corrected chi connectivity index (χ1v) is 6.38. The van der Waals surface area contributed by atoms with Gasteiger partial charge in [0.25, 0.3) is 0 Å². The summed E-state index contributed by atoms with van der Waals surface area (Å²) >= 11 is 0. The normalized spacial score (nSPS) is 12.6. The maximum Gasteiger partial charge on any atom is 0.0544 e. The fourth-order valence-electron chi connectivity index (χ4n) is 1.81. The Morgan fingerprint density at radius 1 is 1.19 bits per heavy atom. The van der Waals surface area contributed by atoms with E-state index in [-0.39, 0.29) is 0 Å². The van der Waals surface area contributed by atoms with Gasteiger partial charge in [0.1, 0.15) is 0 Å². The molecule has 1 rings (SSSR count). The van der Waals surface area contributed by atoms with E-state index in [9.17, 15) is 0 Å². The van der Waals surface area contributed by atoms with Crippen LogP contribution in [0.5, 0.6) is 0 Å². The summed E-state index contributed by atoms with van der Waals surface area (Å²) in [6, 6.07) is 2.51. The number of rotatable bonds is 8. The van der Waals surface area contributed by atoms with Crippen LogP contribution >= 0.6 is 0 Å². The lowest BCUT2D eigenvalue weighted by molar-refractivity contribution is 0.472. The van der Waals surface area contributed by atoms with Crippen molar-refractivity contribution >= 4 is 0 Å². The molecule has 0 aromatic carbocycles. The summed E-state index contributed by atoms with van der Waals surface area (Å²) < 4.78 is 0. The highest BCUT2D eigenvalue weighted by Gasteiger charge is 2.09. The molecule has 0 bridgehead atoms. The maximum absolute atomic E-state index is 3.95. The van der Waals surface area contributed by atoms with Gasteiger partial charge in [-0.3, -0.25) is 0 Å². The van der Waals surface area contributed by atoms with Crippen molar-refractivity contribution in [1.29, 1.82) is 0 Å². The third-order valence-corrected chi connectivity index (χ3v) is 2.75. The second-order valence-corrected chi connectivity index (χ2v) is 4.18. The van der Waals surface area contributed by atoms with Gasteiger partial charge in [0.2, 0.25) is 0 Å². The molecule has 0 radical (unpaired) electrons. The molecule has 0 aliphatic carbocycles. The quantitative estimate of drug-likeness (QED) is 0.685. The molecule has 1 unspecified atom stereocenters. The van der Waals surface area contributed by atoms with Gasteiger partial charge in [0.05, 0.1) is 6.20 Å². The van der Waals surface area contributed by atoms with E-state index in [4.69, 9.17) is 0 Å². The summed E-state index contributed by atoms with van der Waals surface area (Å²) in [5.74, 6) is 0. The monoisotopic (exact) mass is 221 g/mol. The molecule has 1 aromatic rings. The van der Waals surface area contributed by atoms with Crippen LogP contribution in [-0.2, 0) is 0 Å². The van der Waals surface area contributed by atoms with E-state index in [0.29, 0.717) is 6.04 Å². The fraction of sp³-hybridized carbons (Fsp3) is 0.692. The van der Waals surface area contributed by atoms with E-state index >= 15 is 0 Å². The van der Waals surface area contributed by atoms with Crippen molar-refractivity contribution in [2.75, 3.05) is 6.54 Å². The standard InChI is InChI=1S/C13H23N3/c1-3-5-6-7-13(14-9-4-2)12-8-10-15-16-11-12/h8,10-11,13-14H,3-7,9H2,1-2H3. The van der Waals surface area contributed by atoms with E-state index in [1.54, 1.807) is 6.20 Å². The maximum atomic E-state index is 3.95. The van der Waals surface area contributed by atoms with Crippen LogP contribution in [0.3, 0.4) is 0 Å². The molecule has 1 N–H and O–H groups in total. The molecule has 0 aliphatic rings. The average Bonchev–Trinajstić information content (AvgIpc) is 2.35. The summed E-state index contributed by atoms with van der Waals surface area (Å²) in [5, 5.41) is 11.4. The summed E-state index contributed by atoms with van der Waals surface area (Å²) in [5.41, 5.74) is 1.26.